The van der Waals surface area contributed by atoms with Crippen LogP contribution >= 0.6 is 0 Å². The summed E-state index contributed by atoms with van der Waals surface area (Å²) in [6, 6.07) is 8.64. The average molecular weight is 567 g/mol. The Morgan fingerprint density at radius 2 is 1.57 bits per heavy atom. The third kappa shape index (κ3) is 5.45. The van der Waals surface area contributed by atoms with Gasteiger partial charge in [-0.15, -0.1) is 0 Å². The van der Waals surface area contributed by atoms with Gasteiger partial charge in [-0.3, -0.25) is 4.79 Å². The van der Waals surface area contributed by atoms with Crippen molar-refractivity contribution in [2.75, 3.05) is 13.2 Å². The number of aliphatic hydroxyl groups is 6. The Morgan fingerprint density at radius 1 is 0.875 bits per heavy atom. The maximum absolute atomic E-state index is 12.5. The van der Waals surface area contributed by atoms with Crippen molar-refractivity contribution in [3.8, 4) is 23.0 Å². The van der Waals surface area contributed by atoms with E-state index in [1.807, 2.05) is 0 Å². The molecule has 0 unspecified atom stereocenters. The summed E-state index contributed by atoms with van der Waals surface area (Å²) in [5.74, 6) is -0.644. The molecule has 2 aromatic carbocycles. The summed E-state index contributed by atoms with van der Waals surface area (Å²) in [5.41, 5.74) is 0.608. The van der Waals surface area contributed by atoms with Gasteiger partial charge < -0.3 is 64.5 Å². The fourth-order valence-corrected chi connectivity index (χ4v) is 4.85. The van der Waals surface area contributed by atoms with E-state index in [0.717, 1.165) is 6.07 Å². The van der Waals surface area contributed by atoms with Gasteiger partial charge in [-0.2, -0.15) is 0 Å². The Labute approximate surface area is 227 Å². The smallest absolute Gasteiger partial charge is 0.228 e. The van der Waals surface area contributed by atoms with E-state index < -0.39 is 68.0 Å². The fraction of sp³-hybridized carbons (Fsp3) is 0.500. The quantitative estimate of drug-likeness (QED) is 0.198. The van der Waals surface area contributed by atoms with Crippen molar-refractivity contribution < 1.29 is 69.3 Å². The number of carbonyl (C=O) groups is 1. The van der Waals surface area contributed by atoms with Crippen LogP contribution in [-0.2, 0) is 14.2 Å². The Morgan fingerprint density at radius 3 is 2.27 bits per heavy atom. The summed E-state index contributed by atoms with van der Waals surface area (Å²) in [7, 11) is 0. The number of fused-ring (bicyclic) bond motifs is 1. The van der Waals surface area contributed by atoms with Crippen LogP contribution in [0.1, 0.15) is 28.4 Å². The van der Waals surface area contributed by atoms with Crippen LogP contribution in [0.2, 0.25) is 0 Å². The van der Waals surface area contributed by atoms with E-state index in [-0.39, 0.29) is 47.4 Å². The highest BCUT2D eigenvalue weighted by molar-refractivity contribution is 6.02. The van der Waals surface area contributed by atoms with E-state index in [4.69, 9.17) is 23.7 Å². The molecule has 0 spiro atoms. The summed E-state index contributed by atoms with van der Waals surface area (Å²) < 4.78 is 27.7. The third-order valence-corrected chi connectivity index (χ3v) is 7.08. The Balaban J connectivity index is 1.19. The second-order valence-electron chi connectivity index (χ2n) is 9.81. The number of aliphatic hydroxyl groups excluding tert-OH is 6. The lowest BCUT2D eigenvalue weighted by Gasteiger charge is -2.43. The zero-order valence-electron chi connectivity index (χ0n) is 20.9. The van der Waals surface area contributed by atoms with Crippen LogP contribution in [0.3, 0.4) is 0 Å². The molecule has 10 atom stereocenters. The number of rotatable bonds is 6. The van der Waals surface area contributed by atoms with Crippen LogP contribution in [0.15, 0.2) is 36.4 Å². The molecular formula is C26H30O14. The Bertz CT molecular complexity index is 1200. The van der Waals surface area contributed by atoms with Gasteiger partial charge >= 0.3 is 0 Å². The second kappa shape index (κ2) is 11.4. The molecule has 218 valence electrons. The Hall–Kier alpha value is -3.05. The molecule has 14 nitrogen and oxygen atoms in total. The third-order valence-electron chi connectivity index (χ3n) is 7.08. The van der Waals surface area contributed by atoms with Crippen molar-refractivity contribution in [2.45, 2.75) is 67.8 Å². The highest BCUT2D eigenvalue weighted by Crippen LogP contribution is 2.41. The number of phenolic OH excluding ortho intramolecular Hbond substituents is 2. The minimum atomic E-state index is -1.69. The summed E-state index contributed by atoms with van der Waals surface area (Å²) in [6.45, 7) is -0.956. The van der Waals surface area contributed by atoms with Crippen LogP contribution in [0.25, 0.3) is 0 Å². The molecule has 0 bridgehead atoms. The lowest BCUT2D eigenvalue weighted by atomic mass is 9.95. The number of aromatic hydroxyl groups is 2. The number of ether oxygens (including phenoxy) is 5. The molecule has 0 amide bonds. The zero-order chi connectivity index (χ0) is 28.7. The van der Waals surface area contributed by atoms with Gasteiger partial charge in [0.15, 0.2) is 12.1 Å². The van der Waals surface area contributed by atoms with Crippen LogP contribution in [-0.4, -0.2) is 115 Å². The highest BCUT2D eigenvalue weighted by Gasteiger charge is 2.48. The topological polar surface area (TPSA) is 225 Å². The summed E-state index contributed by atoms with van der Waals surface area (Å²) >= 11 is 0. The van der Waals surface area contributed by atoms with Crippen molar-refractivity contribution in [1.29, 1.82) is 0 Å². The lowest BCUT2D eigenvalue weighted by molar-refractivity contribution is -0.338. The molecule has 40 heavy (non-hydrogen) atoms. The average Bonchev–Trinajstić information content (AvgIpc) is 2.92. The number of ketones is 1. The Kier molecular flexibility index (Phi) is 8.15. The van der Waals surface area contributed by atoms with Gasteiger partial charge in [-0.05, 0) is 17.7 Å². The van der Waals surface area contributed by atoms with Gasteiger partial charge in [-0.1, -0.05) is 12.1 Å². The molecule has 0 aliphatic carbocycles. The lowest BCUT2D eigenvalue weighted by Crippen LogP contribution is -2.62. The largest absolute Gasteiger partial charge is 0.508 e. The minimum Gasteiger partial charge on any atom is -0.508 e. The van der Waals surface area contributed by atoms with Gasteiger partial charge in [0, 0.05) is 12.1 Å². The molecule has 2 fully saturated rings. The van der Waals surface area contributed by atoms with Crippen LogP contribution < -0.4 is 9.47 Å². The summed E-state index contributed by atoms with van der Waals surface area (Å²) in [4.78, 5) is 12.5. The van der Waals surface area contributed by atoms with Crippen molar-refractivity contribution in [3.05, 3.63) is 47.5 Å². The predicted octanol–water partition coefficient (Wildman–Crippen LogP) is -1.55. The van der Waals surface area contributed by atoms with E-state index in [0.29, 0.717) is 5.56 Å². The van der Waals surface area contributed by atoms with E-state index in [1.54, 1.807) is 12.1 Å². The van der Waals surface area contributed by atoms with Crippen LogP contribution in [0.4, 0.5) is 0 Å². The minimum absolute atomic E-state index is 0.00447. The number of benzene rings is 2. The number of phenols is 2. The molecule has 3 aliphatic rings. The monoisotopic (exact) mass is 566 g/mol. The van der Waals surface area contributed by atoms with Gasteiger partial charge in [0.2, 0.25) is 6.29 Å². The first-order valence-corrected chi connectivity index (χ1v) is 12.5. The van der Waals surface area contributed by atoms with Crippen molar-refractivity contribution in [3.63, 3.8) is 0 Å². The van der Waals surface area contributed by atoms with Crippen LogP contribution in [0.5, 0.6) is 23.0 Å². The molecule has 0 aromatic heterocycles. The summed E-state index contributed by atoms with van der Waals surface area (Å²) in [6.07, 6.45) is -14.1. The molecule has 3 aliphatic heterocycles. The maximum atomic E-state index is 12.5. The van der Waals surface area contributed by atoms with E-state index in [9.17, 15) is 45.6 Å². The van der Waals surface area contributed by atoms with E-state index in [2.05, 4.69) is 0 Å². The van der Waals surface area contributed by atoms with Crippen LogP contribution in [0, 0.1) is 0 Å². The van der Waals surface area contributed by atoms with Crippen molar-refractivity contribution >= 4 is 5.78 Å². The zero-order valence-corrected chi connectivity index (χ0v) is 20.9. The molecule has 2 saturated heterocycles. The van der Waals surface area contributed by atoms with Gasteiger partial charge in [-0.25, -0.2) is 0 Å². The highest BCUT2D eigenvalue weighted by atomic mass is 16.7. The van der Waals surface area contributed by atoms with Gasteiger partial charge in [0.05, 0.1) is 19.6 Å². The normalized spacial score (nSPS) is 36.0. The van der Waals surface area contributed by atoms with Gasteiger partial charge in [0.25, 0.3) is 0 Å². The second-order valence-corrected chi connectivity index (χ2v) is 9.81. The molecule has 2 aromatic rings. The standard InChI is InChI=1S/C26H30O14/c27-8-17-20(31)22(33)24(35)26(39-17)40-18-9-36-25(23(34)21(18)32)37-12-3-1-10(2-4-12)15-7-14(30)19-13(29)5-11(28)6-16(19)38-15/h1-6,15,17-18,20-29,31-35H,7-9H2/t15-,17+,18+,20+,21-,22-,23+,24+,25+,26-/m0/s1. The first-order chi connectivity index (χ1) is 19.1. The first-order valence-electron chi connectivity index (χ1n) is 12.5. The number of hydrogen-bond donors (Lipinski definition) is 8. The number of carbonyl (C=O) groups excluding carboxylic acids is 1. The number of hydrogen-bond acceptors (Lipinski definition) is 14. The molecule has 5 rings (SSSR count). The molecule has 14 heteroatoms. The number of Topliss-reactive ketones (excluding diaryl/α,β-unsaturated/α-hetero) is 1. The molecule has 0 saturated carbocycles. The molecule has 8 N–H and O–H groups in total. The molecule has 0 radical (unpaired) electrons. The predicted molar refractivity (Wildman–Crippen MR) is 130 cm³/mol. The van der Waals surface area contributed by atoms with E-state index >= 15 is 0 Å². The van der Waals surface area contributed by atoms with Crippen molar-refractivity contribution in [1.82, 2.24) is 0 Å². The van der Waals surface area contributed by atoms with Gasteiger partial charge in [0.1, 0.15) is 77.4 Å². The molecule has 3 heterocycles. The maximum Gasteiger partial charge on any atom is 0.228 e. The SMILES string of the molecule is O=C1C[C@@H](c2ccc(O[C@H]3OC[C@@H](O[C@@H]4O[C@H](CO)[C@@H](O)[C@H](O)[C@H]4O)[C@H](O)[C@H]3O)cc2)Oc2cc(O)cc(O)c21. The fourth-order valence-electron chi connectivity index (χ4n) is 4.85. The summed E-state index contributed by atoms with van der Waals surface area (Å²) in [5, 5.41) is 80.1. The van der Waals surface area contributed by atoms with Crippen molar-refractivity contribution in [2.24, 2.45) is 0 Å². The first kappa shape index (κ1) is 28.5. The molecular weight excluding hydrogens is 536 g/mol. The van der Waals surface area contributed by atoms with E-state index in [1.165, 1.54) is 18.2 Å².